The molecule has 2 aromatic heterocycles. The largest absolute Gasteiger partial charge is 0.412 e. The van der Waals surface area contributed by atoms with Crippen LogP contribution in [0.5, 0.6) is 0 Å². The average Bonchev–Trinajstić information content (AvgIpc) is 3.29. The number of hydrogen-bond acceptors (Lipinski definition) is 10. The third-order valence-electron chi connectivity index (χ3n) is 5.46. The summed E-state index contributed by atoms with van der Waals surface area (Å²) in [5, 5.41) is 16.1. The Morgan fingerprint density at radius 2 is 2.03 bits per heavy atom. The number of aromatic nitrogens is 3. The molecule has 11 nitrogen and oxygen atoms in total. The van der Waals surface area contributed by atoms with Gasteiger partial charge in [0.15, 0.2) is 5.13 Å². The lowest BCUT2D eigenvalue weighted by atomic mass is 10.1. The molecule has 3 aromatic rings. The zero-order chi connectivity index (χ0) is 24.1. The van der Waals surface area contributed by atoms with E-state index in [4.69, 9.17) is 22.4 Å². The van der Waals surface area contributed by atoms with Crippen molar-refractivity contribution in [2.24, 2.45) is 5.73 Å². The van der Waals surface area contributed by atoms with Gasteiger partial charge in [-0.3, -0.25) is 9.69 Å². The first-order valence-corrected chi connectivity index (χ1v) is 12.1. The van der Waals surface area contributed by atoms with E-state index < -0.39 is 0 Å². The van der Waals surface area contributed by atoms with Crippen LogP contribution >= 0.6 is 22.9 Å². The number of carbonyl (C=O) groups excluding carboxylic acids is 1. The van der Waals surface area contributed by atoms with E-state index in [0.29, 0.717) is 38.9 Å². The second-order valence-corrected chi connectivity index (χ2v) is 9.24. The molecule has 0 atom stereocenters. The highest BCUT2D eigenvalue weighted by Gasteiger charge is 2.19. The Bertz CT molecular complexity index is 1150. The number of amides is 1. The molecular weight excluding hydrogens is 492 g/mol. The molecule has 1 amide bonds. The molecule has 35 heavy (non-hydrogen) atoms. The average molecular weight is 521 g/mol. The Morgan fingerprint density at radius 3 is 2.74 bits per heavy atom. The first-order chi connectivity index (χ1) is 16.5. The van der Waals surface area contributed by atoms with Crippen molar-refractivity contribution in [3.63, 3.8) is 0 Å². The quantitative estimate of drug-likeness (QED) is 0.345. The fourth-order valence-corrected chi connectivity index (χ4v) is 4.68. The predicted molar refractivity (Wildman–Crippen MR) is 139 cm³/mol. The molecule has 1 aliphatic heterocycles. The molecule has 7 N–H and O–H groups in total. The fourth-order valence-electron chi connectivity index (χ4n) is 3.72. The maximum absolute atomic E-state index is 12.8. The Kier molecular flexibility index (Phi) is 9.32. The van der Waals surface area contributed by atoms with Crippen LogP contribution in [0.15, 0.2) is 30.5 Å². The monoisotopic (exact) mass is 520 g/mol. The summed E-state index contributed by atoms with van der Waals surface area (Å²) < 4.78 is 0. The van der Waals surface area contributed by atoms with Gasteiger partial charge in [-0.15, -0.1) is 0 Å². The number of piperazine rings is 1. The number of benzene rings is 1. The van der Waals surface area contributed by atoms with Gasteiger partial charge in [-0.2, -0.15) is 0 Å². The van der Waals surface area contributed by atoms with E-state index in [1.165, 1.54) is 17.5 Å². The van der Waals surface area contributed by atoms with Crippen LogP contribution in [-0.4, -0.2) is 75.7 Å². The first-order valence-electron chi connectivity index (χ1n) is 10.9. The van der Waals surface area contributed by atoms with Gasteiger partial charge in [-0.1, -0.05) is 35.1 Å². The number of halogens is 1. The minimum Gasteiger partial charge on any atom is -0.412 e. The fraction of sp³-hybridized carbons (Fsp3) is 0.364. The Labute approximate surface area is 212 Å². The summed E-state index contributed by atoms with van der Waals surface area (Å²) >= 11 is 7.46. The molecular formula is C22H29ClN8O3S. The smallest absolute Gasteiger partial charge is 0.267 e. The van der Waals surface area contributed by atoms with Gasteiger partial charge < -0.3 is 31.8 Å². The lowest BCUT2D eigenvalue weighted by Gasteiger charge is -2.35. The summed E-state index contributed by atoms with van der Waals surface area (Å²) in [4.78, 5) is 31.0. The van der Waals surface area contributed by atoms with E-state index in [-0.39, 0.29) is 24.5 Å². The number of anilines is 4. The van der Waals surface area contributed by atoms with Crippen molar-refractivity contribution in [1.82, 2.24) is 19.9 Å². The summed E-state index contributed by atoms with van der Waals surface area (Å²) in [6.07, 6.45) is 1.51. The molecule has 0 radical (unpaired) electrons. The van der Waals surface area contributed by atoms with Gasteiger partial charge in [0.25, 0.3) is 5.91 Å². The van der Waals surface area contributed by atoms with E-state index in [1.807, 2.05) is 19.1 Å². The maximum Gasteiger partial charge on any atom is 0.267 e. The number of nitrogens with zero attached hydrogens (tertiary/aromatic N) is 5. The number of hydrogen-bond donors (Lipinski definition) is 4. The lowest BCUT2D eigenvalue weighted by Crippen LogP contribution is -2.47. The highest BCUT2D eigenvalue weighted by molar-refractivity contribution is 7.17. The number of aryl methyl sites for hydroxylation is 1. The molecule has 188 valence electrons. The lowest BCUT2D eigenvalue weighted by molar-refractivity contribution is 0.103. The molecule has 1 aliphatic rings. The molecule has 13 heteroatoms. The second-order valence-electron chi connectivity index (χ2n) is 7.80. The van der Waals surface area contributed by atoms with E-state index in [9.17, 15) is 4.79 Å². The van der Waals surface area contributed by atoms with E-state index in [1.54, 1.807) is 12.1 Å². The third-order valence-corrected chi connectivity index (χ3v) is 6.69. The molecule has 1 fully saturated rings. The summed E-state index contributed by atoms with van der Waals surface area (Å²) in [5.41, 5.74) is 7.03. The van der Waals surface area contributed by atoms with Crippen LogP contribution in [0.1, 0.15) is 21.1 Å². The number of para-hydroxylation sites is 1. The topological polar surface area (TPSA) is 164 Å². The van der Waals surface area contributed by atoms with Crippen LogP contribution in [0.2, 0.25) is 5.02 Å². The molecule has 0 spiro atoms. The molecule has 0 unspecified atom stereocenters. The molecule has 3 heterocycles. The molecule has 1 aromatic carbocycles. The van der Waals surface area contributed by atoms with Crippen LogP contribution in [0.3, 0.4) is 0 Å². The van der Waals surface area contributed by atoms with Gasteiger partial charge in [0.1, 0.15) is 22.3 Å². The van der Waals surface area contributed by atoms with Crippen molar-refractivity contribution < 1.29 is 15.4 Å². The van der Waals surface area contributed by atoms with Crippen LogP contribution in [0, 0.1) is 6.92 Å². The molecule has 0 bridgehead atoms. The normalized spacial score (nSPS) is 13.9. The van der Waals surface area contributed by atoms with Crippen molar-refractivity contribution in [2.45, 2.75) is 13.5 Å². The van der Waals surface area contributed by atoms with E-state index in [2.05, 4.69) is 35.4 Å². The SMILES string of the molecule is Cc1nc(Nc2ncc(C(=O)Nc3c(Cl)cccc3CN)s2)cc(N2CCN(CCO)CC2)n1.O. The van der Waals surface area contributed by atoms with Crippen molar-refractivity contribution in [3.05, 3.63) is 51.7 Å². The van der Waals surface area contributed by atoms with E-state index >= 15 is 0 Å². The second kappa shape index (κ2) is 12.2. The van der Waals surface area contributed by atoms with Gasteiger partial charge in [0.05, 0.1) is 23.5 Å². The number of β-amino-alcohol motifs (C(OH)–C–C–N with tert-alkyl or cyclic N) is 1. The van der Waals surface area contributed by atoms with Crippen LogP contribution in [-0.2, 0) is 6.54 Å². The number of nitrogens with one attached hydrogen (secondary N) is 2. The number of rotatable bonds is 8. The molecule has 4 rings (SSSR count). The van der Waals surface area contributed by atoms with Crippen molar-refractivity contribution in [1.29, 1.82) is 0 Å². The number of aliphatic hydroxyl groups is 1. The van der Waals surface area contributed by atoms with Crippen LogP contribution in [0.25, 0.3) is 0 Å². The zero-order valence-electron chi connectivity index (χ0n) is 19.3. The van der Waals surface area contributed by atoms with E-state index in [0.717, 1.165) is 37.6 Å². The van der Waals surface area contributed by atoms with Crippen molar-refractivity contribution >= 4 is 51.3 Å². The van der Waals surface area contributed by atoms with Gasteiger partial charge in [0.2, 0.25) is 0 Å². The molecule has 0 saturated carbocycles. The van der Waals surface area contributed by atoms with Gasteiger partial charge >= 0.3 is 0 Å². The van der Waals surface area contributed by atoms with Crippen LogP contribution < -0.4 is 21.3 Å². The third kappa shape index (κ3) is 6.63. The summed E-state index contributed by atoms with van der Waals surface area (Å²) in [6.45, 7) is 6.35. The summed E-state index contributed by atoms with van der Waals surface area (Å²) in [7, 11) is 0. The minimum absolute atomic E-state index is 0. The number of aliphatic hydroxyl groups excluding tert-OH is 1. The zero-order valence-corrected chi connectivity index (χ0v) is 20.9. The Hall–Kier alpha value is -2.87. The summed E-state index contributed by atoms with van der Waals surface area (Å²) in [6, 6.07) is 7.20. The van der Waals surface area contributed by atoms with Crippen molar-refractivity contribution in [3.8, 4) is 0 Å². The Morgan fingerprint density at radius 1 is 1.26 bits per heavy atom. The first kappa shape index (κ1) is 26.7. The van der Waals surface area contributed by atoms with Gasteiger partial charge in [0, 0.05) is 45.3 Å². The maximum atomic E-state index is 12.8. The number of nitrogens with two attached hydrogens (primary N) is 1. The minimum atomic E-state index is -0.311. The standard InChI is InChI=1S/C22H27ClN8O2S.H2O/c1-14-26-18(11-19(27-14)31-7-5-30(6-8-31)9-10-32)28-22-25-13-17(34-22)21(33)29-20-15(12-24)3-2-4-16(20)23;/h2-4,11,13,32H,5-10,12,24H2,1H3,(H,29,33)(H,25,26,27,28);1H2. The molecule has 1 saturated heterocycles. The predicted octanol–water partition coefficient (Wildman–Crippen LogP) is 1.64. The highest BCUT2D eigenvalue weighted by atomic mass is 35.5. The van der Waals surface area contributed by atoms with Crippen molar-refractivity contribution in [2.75, 3.05) is 54.9 Å². The summed E-state index contributed by atoms with van der Waals surface area (Å²) in [5.74, 6) is 1.77. The highest BCUT2D eigenvalue weighted by Crippen LogP contribution is 2.28. The molecule has 0 aliphatic carbocycles. The van der Waals surface area contributed by atoms with Gasteiger partial charge in [-0.25, -0.2) is 15.0 Å². The van der Waals surface area contributed by atoms with Crippen LogP contribution in [0.4, 0.5) is 22.5 Å². The number of carbonyl (C=O) groups is 1. The van der Waals surface area contributed by atoms with Gasteiger partial charge in [-0.05, 0) is 18.6 Å². The number of thiazole rings is 1. The Balaban J connectivity index is 0.00000342.